The van der Waals surface area contributed by atoms with Gasteiger partial charge in [0, 0.05) is 24.8 Å². The molecule has 84 valence electrons. The predicted octanol–water partition coefficient (Wildman–Crippen LogP) is 1.84. The second-order valence-corrected chi connectivity index (χ2v) is 5.09. The Bertz CT molecular complexity index is 253. The van der Waals surface area contributed by atoms with Crippen molar-refractivity contribution in [3.8, 4) is 6.07 Å². The van der Waals surface area contributed by atoms with E-state index in [4.69, 9.17) is 10.00 Å². The van der Waals surface area contributed by atoms with Crippen molar-refractivity contribution < 1.29 is 4.74 Å². The molecule has 0 aromatic rings. The van der Waals surface area contributed by atoms with Gasteiger partial charge in [0.2, 0.25) is 0 Å². The fourth-order valence-corrected chi connectivity index (χ4v) is 2.70. The lowest BCUT2D eigenvalue weighted by Gasteiger charge is -2.37. The highest BCUT2D eigenvalue weighted by atomic mass is 16.5. The number of hydrogen-bond acceptors (Lipinski definition) is 3. The van der Waals surface area contributed by atoms with Crippen molar-refractivity contribution in [2.45, 2.75) is 50.6 Å². The van der Waals surface area contributed by atoms with Gasteiger partial charge in [-0.05, 0) is 32.6 Å². The first-order valence-electron chi connectivity index (χ1n) is 5.99. The molecule has 1 saturated heterocycles. The molecule has 2 atom stereocenters. The molecule has 0 aromatic carbocycles. The molecule has 15 heavy (non-hydrogen) atoms. The van der Waals surface area contributed by atoms with Gasteiger partial charge in [0.15, 0.2) is 0 Å². The maximum Gasteiger partial charge on any atom is 0.0672 e. The molecule has 0 spiro atoms. The molecule has 1 aliphatic heterocycles. The Morgan fingerprint density at radius 1 is 1.33 bits per heavy atom. The predicted molar refractivity (Wildman–Crippen MR) is 58.3 cm³/mol. The van der Waals surface area contributed by atoms with Crippen LogP contribution in [0.5, 0.6) is 0 Å². The van der Waals surface area contributed by atoms with Crippen molar-refractivity contribution >= 4 is 0 Å². The molecular formula is C12H20N2O. The monoisotopic (exact) mass is 208 g/mol. The summed E-state index contributed by atoms with van der Waals surface area (Å²) >= 11 is 0. The fourth-order valence-electron chi connectivity index (χ4n) is 2.70. The third-order valence-electron chi connectivity index (χ3n) is 3.81. The number of nitriles is 1. The van der Waals surface area contributed by atoms with Crippen LogP contribution < -0.4 is 5.32 Å². The van der Waals surface area contributed by atoms with Crippen molar-refractivity contribution in [2.75, 3.05) is 13.2 Å². The Morgan fingerprint density at radius 3 is 2.73 bits per heavy atom. The van der Waals surface area contributed by atoms with Crippen LogP contribution in [0.25, 0.3) is 0 Å². The number of hydrogen-bond donors (Lipinski definition) is 1. The number of nitrogens with one attached hydrogen (secondary N) is 1. The molecule has 3 heteroatoms. The zero-order valence-corrected chi connectivity index (χ0v) is 9.46. The van der Waals surface area contributed by atoms with Crippen LogP contribution in [0.15, 0.2) is 0 Å². The highest BCUT2D eigenvalue weighted by Gasteiger charge is 2.34. The molecule has 2 fully saturated rings. The summed E-state index contributed by atoms with van der Waals surface area (Å²) in [6, 6.07) is 2.84. The van der Waals surface area contributed by atoms with Crippen LogP contribution in [0.1, 0.15) is 39.0 Å². The molecular weight excluding hydrogens is 188 g/mol. The number of rotatable bonds is 2. The third-order valence-corrected chi connectivity index (χ3v) is 3.81. The molecule has 2 unspecified atom stereocenters. The summed E-state index contributed by atoms with van der Waals surface area (Å²) < 4.78 is 5.38. The van der Waals surface area contributed by atoms with E-state index in [1.165, 1.54) is 6.42 Å². The van der Waals surface area contributed by atoms with E-state index in [9.17, 15) is 0 Å². The van der Waals surface area contributed by atoms with Crippen LogP contribution in [0, 0.1) is 17.2 Å². The quantitative estimate of drug-likeness (QED) is 0.753. The van der Waals surface area contributed by atoms with E-state index in [2.05, 4.69) is 18.3 Å². The van der Waals surface area contributed by atoms with E-state index < -0.39 is 0 Å². The van der Waals surface area contributed by atoms with E-state index in [-0.39, 0.29) is 11.5 Å². The van der Waals surface area contributed by atoms with Gasteiger partial charge < -0.3 is 10.1 Å². The van der Waals surface area contributed by atoms with Gasteiger partial charge in [0.1, 0.15) is 0 Å². The lowest BCUT2D eigenvalue weighted by molar-refractivity contribution is 0.0395. The lowest BCUT2D eigenvalue weighted by Crippen LogP contribution is -2.52. The maximum absolute atomic E-state index is 9.04. The van der Waals surface area contributed by atoms with Gasteiger partial charge >= 0.3 is 0 Å². The SMILES string of the molecule is CC1(NC2CCCC2C#N)CCOCC1. The van der Waals surface area contributed by atoms with Crippen molar-refractivity contribution in [3.05, 3.63) is 0 Å². The molecule has 0 bridgehead atoms. The zero-order chi connectivity index (χ0) is 10.7. The normalized spacial score (nSPS) is 34.9. The first kappa shape index (κ1) is 10.9. The van der Waals surface area contributed by atoms with Gasteiger partial charge in [0.05, 0.1) is 12.0 Å². The van der Waals surface area contributed by atoms with Gasteiger partial charge in [-0.1, -0.05) is 6.42 Å². The highest BCUT2D eigenvalue weighted by molar-refractivity contribution is 5.00. The zero-order valence-electron chi connectivity index (χ0n) is 9.46. The van der Waals surface area contributed by atoms with Crippen molar-refractivity contribution in [3.63, 3.8) is 0 Å². The molecule has 1 aliphatic carbocycles. The standard InChI is InChI=1S/C12H20N2O/c1-12(5-7-15-8-6-12)14-11-4-2-3-10(11)9-13/h10-11,14H,2-8H2,1H3. The van der Waals surface area contributed by atoms with Gasteiger partial charge in [-0.2, -0.15) is 5.26 Å². The second kappa shape index (κ2) is 4.51. The lowest BCUT2D eigenvalue weighted by atomic mass is 9.90. The van der Waals surface area contributed by atoms with Crippen molar-refractivity contribution in [1.29, 1.82) is 5.26 Å². The summed E-state index contributed by atoms with van der Waals surface area (Å²) in [5.74, 6) is 0.227. The van der Waals surface area contributed by atoms with Gasteiger partial charge in [0.25, 0.3) is 0 Å². The highest BCUT2D eigenvalue weighted by Crippen LogP contribution is 2.29. The first-order valence-corrected chi connectivity index (χ1v) is 5.99. The van der Waals surface area contributed by atoms with Gasteiger partial charge in [-0.15, -0.1) is 0 Å². The first-order chi connectivity index (χ1) is 7.23. The fraction of sp³-hybridized carbons (Fsp3) is 0.917. The van der Waals surface area contributed by atoms with Crippen LogP contribution in [0.2, 0.25) is 0 Å². The maximum atomic E-state index is 9.04. The third kappa shape index (κ3) is 2.50. The minimum atomic E-state index is 0.197. The smallest absolute Gasteiger partial charge is 0.0672 e. The minimum absolute atomic E-state index is 0.197. The molecule has 0 radical (unpaired) electrons. The average Bonchev–Trinajstić information content (AvgIpc) is 2.65. The van der Waals surface area contributed by atoms with Gasteiger partial charge in [-0.25, -0.2) is 0 Å². The summed E-state index contributed by atoms with van der Waals surface area (Å²) in [7, 11) is 0. The number of nitrogens with zero attached hydrogens (tertiary/aromatic N) is 1. The van der Waals surface area contributed by atoms with Crippen LogP contribution in [-0.2, 0) is 4.74 Å². The van der Waals surface area contributed by atoms with Crippen LogP contribution >= 0.6 is 0 Å². The van der Waals surface area contributed by atoms with Gasteiger partial charge in [-0.3, -0.25) is 0 Å². The molecule has 3 nitrogen and oxygen atoms in total. The van der Waals surface area contributed by atoms with E-state index in [1.807, 2.05) is 0 Å². The second-order valence-electron chi connectivity index (χ2n) is 5.09. The molecule has 1 saturated carbocycles. The van der Waals surface area contributed by atoms with E-state index in [1.54, 1.807) is 0 Å². The number of ether oxygens (including phenoxy) is 1. The minimum Gasteiger partial charge on any atom is -0.381 e. The summed E-state index contributed by atoms with van der Waals surface area (Å²) in [6.45, 7) is 3.98. The molecule has 1 N–H and O–H groups in total. The Kier molecular flexibility index (Phi) is 3.28. The summed E-state index contributed by atoms with van der Waals surface area (Å²) in [5, 5.41) is 12.7. The molecule has 1 heterocycles. The summed E-state index contributed by atoms with van der Waals surface area (Å²) in [6.07, 6.45) is 5.57. The summed E-state index contributed by atoms with van der Waals surface area (Å²) in [4.78, 5) is 0. The van der Waals surface area contributed by atoms with E-state index in [0.29, 0.717) is 6.04 Å². The van der Waals surface area contributed by atoms with Crippen LogP contribution in [-0.4, -0.2) is 24.8 Å². The summed E-state index contributed by atoms with van der Waals surface area (Å²) in [5.41, 5.74) is 0.197. The van der Waals surface area contributed by atoms with E-state index >= 15 is 0 Å². The molecule has 2 rings (SSSR count). The molecule has 0 aromatic heterocycles. The van der Waals surface area contributed by atoms with Crippen LogP contribution in [0.3, 0.4) is 0 Å². The Labute approximate surface area is 91.8 Å². The van der Waals surface area contributed by atoms with Crippen molar-refractivity contribution in [1.82, 2.24) is 5.32 Å². The topological polar surface area (TPSA) is 45.0 Å². The van der Waals surface area contributed by atoms with Crippen molar-refractivity contribution in [2.24, 2.45) is 5.92 Å². The Morgan fingerprint density at radius 2 is 2.07 bits per heavy atom. The van der Waals surface area contributed by atoms with Crippen LogP contribution in [0.4, 0.5) is 0 Å². The Balaban J connectivity index is 1.92. The molecule has 0 amide bonds. The van der Waals surface area contributed by atoms with E-state index in [0.717, 1.165) is 38.9 Å². The molecule has 2 aliphatic rings. The Hall–Kier alpha value is -0.590. The average molecular weight is 208 g/mol. The largest absolute Gasteiger partial charge is 0.381 e.